The number of benzene rings is 3. The number of rotatable bonds is 6. The molecule has 0 unspecified atom stereocenters. The fraction of sp³-hybridized carbons (Fsp3) is 0.130. The van der Waals surface area contributed by atoms with E-state index in [-0.39, 0.29) is 16.4 Å². The van der Waals surface area contributed by atoms with Crippen LogP contribution >= 0.6 is 0 Å². The first kappa shape index (κ1) is 22.0. The molecule has 2 N–H and O–H groups in total. The van der Waals surface area contributed by atoms with Crippen molar-refractivity contribution >= 4 is 33.0 Å². The number of carbonyl (C=O) groups is 2. The molecule has 0 fully saturated rings. The van der Waals surface area contributed by atoms with E-state index < -0.39 is 15.7 Å². The number of sulfone groups is 1. The Morgan fingerprint density at radius 2 is 1.48 bits per heavy atom. The molecule has 0 bridgehead atoms. The minimum absolute atomic E-state index is 0.0764. The van der Waals surface area contributed by atoms with Crippen molar-refractivity contribution in [1.82, 2.24) is 0 Å². The topological polar surface area (TPSA) is 102 Å². The molecule has 0 aliphatic carbocycles. The molecule has 0 saturated carbocycles. The summed E-state index contributed by atoms with van der Waals surface area (Å²) in [7, 11) is -1.88. The zero-order valence-electron chi connectivity index (χ0n) is 17.3. The summed E-state index contributed by atoms with van der Waals surface area (Å²) in [6.07, 6.45) is 1.09. The molecule has 0 spiro atoms. The largest absolute Gasteiger partial charge is 0.497 e. The molecule has 3 rings (SSSR count). The van der Waals surface area contributed by atoms with Crippen LogP contribution in [0.25, 0.3) is 0 Å². The van der Waals surface area contributed by atoms with E-state index in [0.29, 0.717) is 22.7 Å². The molecule has 7 nitrogen and oxygen atoms in total. The normalized spacial score (nSPS) is 10.9. The van der Waals surface area contributed by atoms with E-state index in [4.69, 9.17) is 4.74 Å². The second-order valence-electron chi connectivity index (χ2n) is 6.97. The monoisotopic (exact) mass is 438 g/mol. The summed E-state index contributed by atoms with van der Waals surface area (Å²) >= 11 is 0. The third kappa shape index (κ3) is 5.49. The van der Waals surface area contributed by atoms with Gasteiger partial charge in [0.1, 0.15) is 5.75 Å². The number of hydrogen-bond acceptors (Lipinski definition) is 5. The number of methoxy groups -OCH3 is 1. The van der Waals surface area contributed by atoms with E-state index in [2.05, 4.69) is 10.6 Å². The van der Waals surface area contributed by atoms with Crippen LogP contribution in [-0.2, 0) is 9.84 Å². The maximum Gasteiger partial charge on any atom is 0.255 e. The molecule has 0 atom stereocenters. The summed E-state index contributed by atoms with van der Waals surface area (Å²) in [5.74, 6) is -0.128. The maximum absolute atomic E-state index is 12.6. The first-order chi connectivity index (χ1) is 14.7. The fourth-order valence-electron chi connectivity index (χ4n) is 2.91. The number of ether oxygens (including phenoxy) is 1. The number of hydrogen-bond donors (Lipinski definition) is 2. The molecule has 0 heterocycles. The molecular weight excluding hydrogens is 416 g/mol. The molecule has 160 valence electrons. The van der Waals surface area contributed by atoms with Gasteiger partial charge in [0.05, 0.1) is 12.0 Å². The maximum atomic E-state index is 12.6. The first-order valence-electron chi connectivity index (χ1n) is 9.35. The summed E-state index contributed by atoms with van der Waals surface area (Å²) in [4.78, 5) is 25.1. The lowest BCUT2D eigenvalue weighted by Crippen LogP contribution is -2.14. The summed E-state index contributed by atoms with van der Waals surface area (Å²) in [5.41, 5.74) is 2.55. The van der Waals surface area contributed by atoms with Crippen molar-refractivity contribution in [3.8, 4) is 5.75 Å². The fourth-order valence-corrected chi connectivity index (χ4v) is 3.58. The summed E-state index contributed by atoms with van der Waals surface area (Å²) in [6, 6.07) is 17.7. The van der Waals surface area contributed by atoms with Gasteiger partial charge in [-0.3, -0.25) is 9.59 Å². The number of anilines is 2. The Hall–Kier alpha value is -3.65. The number of nitrogens with one attached hydrogen (secondary N) is 2. The zero-order chi connectivity index (χ0) is 22.6. The molecule has 0 saturated heterocycles. The Kier molecular flexibility index (Phi) is 6.41. The molecule has 0 aliphatic heterocycles. The molecule has 2 amide bonds. The molecule has 0 aromatic heterocycles. The van der Waals surface area contributed by atoms with Crippen molar-refractivity contribution < 1.29 is 22.7 Å². The minimum Gasteiger partial charge on any atom is -0.497 e. The Balaban J connectivity index is 1.73. The Morgan fingerprint density at radius 3 is 2.13 bits per heavy atom. The highest BCUT2D eigenvalue weighted by Crippen LogP contribution is 2.22. The van der Waals surface area contributed by atoms with E-state index in [9.17, 15) is 18.0 Å². The summed E-state index contributed by atoms with van der Waals surface area (Å²) in [6.45, 7) is 1.80. The number of aryl methyl sites for hydroxylation is 1. The van der Waals surface area contributed by atoms with Crippen LogP contribution in [0.5, 0.6) is 5.75 Å². The van der Waals surface area contributed by atoms with E-state index in [1.165, 1.54) is 25.3 Å². The van der Waals surface area contributed by atoms with Crippen LogP contribution in [-0.4, -0.2) is 33.6 Å². The van der Waals surface area contributed by atoms with Gasteiger partial charge in [0.2, 0.25) is 0 Å². The van der Waals surface area contributed by atoms with E-state index >= 15 is 0 Å². The van der Waals surface area contributed by atoms with Crippen LogP contribution in [0.4, 0.5) is 11.4 Å². The third-order valence-electron chi connectivity index (χ3n) is 4.59. The van der Waals surface area contributed by atoms with Crippen LogP contribution in [0.3, 0.4) is 0 Å². The zero-order valence-corrected chi connectivity index (χ0v) is 18.1. The van der Waals surface area contributed by atoms with Gasteiger partial charge < -0.3 is 15.4 Å². The predicted molar refractivity (Wildman–Crippen MR) is 120 cm³/mol. The van der Waals surface area contributed by atoms with Gasteiger partial charge in [-0.05, 0) is 67.1 Å². The standard InChI is InChI=1S/C23H22N2O5S/c1-15-12-18(24-22(26)16-6-4-8-19(13-16)30-2)10-11-21(15)25-23(27)17-7-5-9-20(14-17)31(3,28)29/h4-14H,1-3H3,(H,24,26)(H,25,27). The third-order valence-corrected chi connectivity index (χ3v) is 5.70. The van der Waals surface area contributed by atoms with Crippen LogP contribution in [0.1, 0.15) is 26.3 Å². The van der Waals surface area contributed by atoms with E-state index in [1.54, 1.807) is 55.5 Å². The minimum atomic E-state index is -3.41. The SMILES string of the molecule is COc1cccc(C(=O)Nc2ccc(NC(=O)c3cccc(S(C)(=O)=O)c3)c(C)c2)c1. The van der Waals surface area contributed by atoms with Gasteiger partial charge in [-0.15, -0.1) is 0 Å². The van der Waals surface area contributed by atoms with Crippen LogP contribution in [0.15, 0.2) is 71.6 Å². The smallest absolute Gasteiger partial charge is 0.255 e. The van der Waals surface area contributed by atoms with Crippen molar-refractivity contribution in [3.63, 3.8) is 0 Å². The average molecular weight is 439 g/mol. The average Bonchev–Trinajstić information content (AvgIpc) is 2.75. The Morgan fingerprint density at radius 1 is 0.839 bits per heavy atom. The van der Waals surface area contributed by atoms with Crippen molar-refractivity contribution in [2.24, 2.45) is 0 Å². The van der Waals surface area contributed by atoms with Crippen molar-refractivity contribution in [2.45, 2.75) is 11.8 Å². The van der Waals surface area contributed by atoms with Gasteiger partial charge in [-0.1, -0.05) is 12.1 Å². The van der Waals surface area contributed by atoms with Crippen molar-refractivity contribution in [1.29, 1.82) is 0 Å². The molecule has 3 aromatic carbocycles. The highest BCUT2D eigenvalue weighted by atomic mass is 32.2. The molecule has 8 heteroatoms. The van der Waals surface area contributed by atoms with Gasteiger partial charge in [-0.2, -0.15) is 0 Å². The van der Waals surface area contributed by atoms with E-state index in [1.807, 2.05) is 0 Å². The van der Waals surface area contributed by atoms with Gasteiger partial charge >= 0.3 is 0 Å². The molecular formula is C23H22N2O5S. The highest BCUT2D eigenvalue weighted by molar-refractivity contribution is 7.90. The molecule has 0 radical (unpaired) electrons. The Labute approximate surface area is 181 Å². The Bertz CT molecular complexity index is 1250. The molecule has 31 heavy (non-hydrogen) atoms. The van der Waals surface area contributed by atoms with Crippen LogP contribution in [0.2, 0.25) is 0 Å². The lowest BCUT2D eigenvalue weighted by atomic mass is 10.1. The second kappa shape index (κ2) is 9.01. The van der Waals surface area contributed by atoms with Crippen LogP contribution < -0.4 is 15.4 Å². The van der Waals surface area contributed by atoms with Crippen LogP contribution in [0, 0.1) is 6.92 Å². The van der Waals surface area contributed by atoms with Gasteiger partial charge in [0.25, 0.3) is 11.8 Å². The first-order valence-corrected chi connectivity index (χ1v) is 11.2. The summed E-state index contributed by atoms with van der Waals surface area (Å²) in [5, 5.41) is 5.58. The van der Waals surface area contributed by atoms with Crippen molar-refractivity contribution in [2.75, 3.05) is 24.0 Å². The van der Waals surface area contributed by atoms with Crippen molar-refractivity contribution in [3.05, 3.63) is 83.4 Å². The summed E-state index contributed by atoms with van der Waals surface area (Å²) < 4.78 is 28.6. The van der Waals surface area contributed by atoms with Gasteiger partial charge in [0, 0.05) is 28.8 Å². The molecule has 0 aliphatic rings. The second-order valence-corrected chi connectivity index (χ2v) is 8.99. The number of carbonyl (C=O) groups excluding carboxylic acids is 2. The van der Waals surface area contributed by atoms with Gasteiger partial charge in [-0.25, -0.2) is 8.42 Å². The quantitative estimate of drug-likeness (QED) is 0.608. The lowest BCUT2D eigenvalue weighted by molar-refractivity contribution is 0.101. The lowest BCUT2D eigenvalue weighted by Gasteiger charge is -2.12. The van der Waals surface area contributed by atoms with E-state index in [0.717, 1.165) is 11.8 Å². The predicted octanol–water partition coefficient (Wildman–Crippen LogP) is 3.91. The molecule has 3 aromatic rings. The number of amides is 2. The highest BCUT2D eigenvalue weighted by Gasteiger charge is 2.13. The van der Waals surface area contributed by atoms with Gasteiger partial charge in [0.15, 0.2) is 9.84 Å².